The van der Waals surface area contributed by atoms with Crippen molar-refractivity contribution in [3.8, 4) is 11.6 Å². The Morgan fingerprint density at radius 1 is 1.00 bits per heavy atom. The van der Waals surface area contributed by atoms with Gasteiger partial charge in [0.15, 0.2) is 0 Å². The van der Waals surface area contributed by atoms with E-state index in [1.807, 2.05) is 0 Å². The van der Waals surface area contributed by atoms with Crippen LogP contribution in [0.5, 0.6) is 11.6 Å². The summed E-state index contributed by atoms with van der Waals surface area (Å²) < 4.78 is 5.55. The zero-order valence-corrected chi connectivity index (χ0v) is 12.1. The summed E-state index contributed by atoms with van der Waals surface area (Å²) in [6.45, 7) is 1.79. The summed E-state index contributed by atoms with van der Waals surface area (Å²) in [6, 6.07) is 3.01. The van der Waals surface area contributed by atoms with Crippen LogP contribution in [0.1, 0.15) is 5.56 Å². The van der Waals surface area contributed by atoms with Crippen molar-refractivity contribution in [1.29, 1.82) is 0 Å². The summed E-state index contributed by atoms with van der Waals surface area (Å²) in [5.74, 6) is 0.666. The first-order chi connectivity index (χ1) is 8.47. The van der Waals surface area contributed by atoms with Crippen LogP contribution in [0.15, 0.2) is 18.3 Å². The van der Waals surface area contributed by atoms with Gasteiger partial charge in [-0.3, -0.25) is 0 Å². The number of rotatable bonds is 2. The van der Waals surface area contributed by atoms with Gasteiger partial charge in [-0.1, -0.05) is 34.8 Å². The van der Waals surface area contributed by atoms with Crippen LogP contribution in [0.2, 0.25) is 20.4 Å². The highest BCUT2D eigenvalue weighted by atomic mass is 35.5. The zero-order chi connectivity index (χ0) is 13.3. The van der Waals surface area contributed by atoms with Gasteiger partial charge in [0.05, 0.1) is 15.1 Å². The highest BCUT2D eigenvalue weighted by Crippen LogP contribution is 2.36. The van der Waals surface area contributed by atoms with Gasteiger partial charge in [0.1, 0.15) is 5.75 Å². The Kier molecular flexibility index (Phi) is 4.17. The van der Waals surface area contributed by atoms with Crippen molar-refractivity contribution < 1.29 is 4.74 Å². The highest BCUT2D eigenvalue weighted by molar-refractivity contribution is 6.43. The van der Waals surface area contributed by atoms with Crippen molar-refractivity contribution in [3.05, 3.63) is 44.2 Å². The molecule has 1 aromatic carbocycles. The van der Waals surface area contributed by atoms with Gasteiger partial charge in [-0.15, -0.1) is 0 Å². The largest absolute Gasteiger partial charge is 0.437 e. The Hall–Kier alpha value is -0.740. The molecule has 3 nitrogen and oxygen atoms in total. The van der Waals surface area contributed by atoms with Gasteiger partial charge >= 0.3 is 0 Å². The normalized spacial score (nSPS) is 10.5. The maximum absolute atomic E-state index is 6.00. The van der Waals surface area contributed by atoms with Crippen LogP contribution in [0.4, 0.5) is 0 Å². The average molecular weight is 324 g/mol. The highest BCUT2D eigenvalue weighted by Gasteiger charge is 2.11. The third-order valence-corrected chi connectivity index (χ3v) is 3.28. The molecule has 0 aliphatic heterocycles. The number of nitrogens with zero attached hydrogens (tertiary/aromatic N) is 2. The molecular formula is C11H6Cl4N2O. The standard InChI is InChI=1S/C11H6Cl4N2O/c1-5-4-16-11(15)17-10(5)18-9-3-7(13)6(12)2-8(9)14/h2-4H,1H3. The number of ether oxygens (including phenoxy) is 1. The van der Waals surface area contributed by atoms with Gasteiger partial charge in [0.25, 0.3) is 0 Å². The van der Waals surface area contributed by atoms with Crippen LogP contribution in [-0.4, -0.2) is 9.97 Å². The maximum Gasteiger partial charge on any atom is 0.226 e. The van der Waals surface area contributed by atoms with Crippen LogP contribution >= 0.6 is 46.4 Å². The quantitative estimate of drug-likeness (QED) is 0.563. The molecule has 0 unspecified atom stereocenters. The second kappa shape index (κ2) is 5.49. The van der Waals surface area contributed by atoms with Crippen LogP contribution in [0, 0.1) is 6.92 Å². The Morgan fingerprint density at radius 3 is 2.39 bits per heavy atom. The second-order valence-corrected chi connectivity index (χ2v) is 4.99. The summed E-state index contributed by atoms with van der Waals surface area (Å²) in [5, 5.41) is 1.12. The molecule has 18 heavy (non-hydrogen) atoms. The van der Waals surface area contributed by atoms with Crippen molar-refractivity contribution in [2.75, 3.05) is 0 Å². The number of benzene rings is 1. The van der Waals surface area contributed by atoms with Crippen molar-refractivity contribution >= 4 is 46.4 Å². The van der Waals surface area contributed by atoms with Crippen LogP contribution < -0.4 is 4.74 Å². The summed E-state index contributed by atoms with van der Waals surface area (Å²) >= 11 is 23.4. The van der Waals surface area contributed by atoms with E-state index in [0.717, 1.165) is 5.56 Å². The van der Waals surface area contributed by atoms with Crippen LogP contribution in [-0.2, 0) is 0 Å². The minimum absolute atomic E-state index is 0.0896. The summed E-state index contributed by atoms with van der Waals surface area (Å²) in [6.07, 6.45) is 1.55. The average Bonchev–Trinajstić information content (AvgIpc) is 2.30. The molecule has 0 saturated heterocycles. The van der Waals surface area contributed by atoms with Gasteiger partial charge < -0.3 is 4.74 Å². The van der Waals surface area contributed by atoms with Crippen molar-refractivity contribution in [2.45, 2.75) is 6.92 Å². The minimum Gasteiger partial charge on any atom is -0.437 e. The van der Waals surface area contributed by atoms with E-state index < -0.39 is 0 Å². The third-order valence-electron chi connectivity index (χ3n) is 2.08. The molecule has 0 aliphatic rings. The lowest BCUT2D eigenvalue weighted by Crippen LogP contribution is -1.94. The molecule has 0 amide bonds. The molecule has 0 spiro atoms. The molecule has 2 aromatic rings. The van der Waals surface area contributed by atoms with E-state index in [0.29, 0.717) is 26.7 Å². The predicted octanol–water partition coefficient (Wildman–Crippen LogP) is 5.19. The van der Waals surface area contributed by atoms with E-state index in [2.05, 4.69) is 9.97 Å². The monoisotopic (exact) mass is 322 g/mol. The lowest BCUT2D eigenvalue weighted by atomic mass is 10.3. The first-order valence-electron chi connectivity index (χ1n) is 4.79. The number of hydrogen-bond donors (Lipinski definition) is 0. The van der Waals surface area contributed by atoms with E-state index >= 15 is 0 Å². The Bertz CT molecular complexity index is 604. The molecule has 1 heterocycles. The van der Waals surface area contributed by atoms with Gasteiger partial charge in [-0.25, -0.2) is 4.98 Å². The lowest BCUT2D eigenvalue weighted by molar-refractivity contribution is 0.457. The number of halogens is 4. The van der Waals surface area contributed by atoms with E-state index in [1.165, 1.54) is 12.1 Å². The topological polar surface area (TPSA) is 35.0 Å². The van der Waals surface area contributed by atoms with Gasteiger partial charge in [0.2, 0.25) is 11.2 Å². The lowest BCUT2D eigenvalue weighted by Gasteiger charge is -2.09. The number of aryl methyl sites for hydroxylation is 1. The first kappa shape index (κ1) is 13.7. The summed E-state index contributed by atoms with van der Waals surface area (Å²) in [4.78, 5) is 7.79. The molecule has 0 N–H and O–H groups in total. The van der Waals surface area contributed by atoms with Crippen molar-refractivity contribution in [3.63, 3.8) is 0 Å². The zero-order valence-electron chi connectivity index (χ0n) is 9.05. The molecule has 1 aromatic heterocycles. The SMILES string of the molecule is Cc1cnc(Cl)nc1Oc1cc(Cl)c(Cl)cc1Cl. The van der Waals surface area contributed by atoms with E-state index in [-0.39, 0.29) is 5.28 Å². The fourth-order valence-corrected chi connectivity index (χ4v) is 1.90. The Morgan fingerprint density at radius 2 is 1.67 bits per heavy atom. The van der Waals surface area contributed by atoms with Gasteiger partial charge in [0, 0.05) is 17.8 Å². The Balaban J connectivity index is 2.40. The van der Waals surface area contributed by atoms with E-state index in [4.69, 9.17) is 51.1 Å². The predicted molar refractivity (Wildman–Crippen MR) is 73.3 cm³/mol. The molecule has 94 valence electrons. The summed E-state index contributed by atoms with van der Waals surface area (Å²) in [5.41, 5.74) is 0.724. The van der Waals surface area contributed by atoms with E-state index in [1.54, 1.807) is 13.1 Å². The molecule has 7 heteroatoms. The molecule has 0 atom stereocenters. The molecule has 0 bridgehead atoms. The number of aromatic nitrogens is 2. The van der Waals surface area contributed by atoms with Crippen LogP contribution in [0.25, 0.3) is 0 Å². The third kappa shape index (κ3) is 2.98. The smallest absolute Gasteiger partial charge is 0.226 e. The molecule has 0 fully saturated rings. The van der Waals surface area contributed by atoms with Crippen LogP contribution in [0.3, 0.4) is 0 Å². The maximum atomic E-state index is 6.00. The minimum atomic E-state index is 0.0896. The van der Waals surface area contributed by atoms with Crippen molar-refractivity contribution in [2.24, 2.45) is 0 Å². The van der Waals surface area contributed by atoms with E-state index in [9.17, 15) is 0 Å². The van der Waals surface area contributed by atoms with Gasteiger partial charge in [-0.05, 0) is 24.6 Å². The number of hydrogen-bond acceptors (Lipinski definition) is 3. The Labute approximate surface area is 124 Å². The molecular weight excluding hydrogens is 318 g/mol. The summed E-state index contributed by atoms with van der Waals surface area (Å²) in [7, 11) is 0. The molecule has 0 saturated carbocycles. The van der Waals surface area contributed by atoms with Crippen molar-refractivity contribution in [1.82, 2.24) is 9.97 Å². The molecule has 0 radical (unpaired) electrons. The second-order valence-electron chi connectivity index (χ2n) is 3.43. The molecule has 0 aliphatic carbocycles. The first-order valence-corrected chi connectivity index (χ1v) is 6.30. The van der Waals surface area contributed by atoms with Gasteiger partial charge in [-0.2, -0.15) is 4.98 Å². The molecule has 2 rings (SSSR count). The fourth-order valence-electron chi connectivity index (χ4n) is 1.20. The fraction of sp³-hybridized carbons (Fsp3) is 0.0909.